The third-order valence-electron chi connectivity index (χ3n) is 2.18. The highest BCUT2D eigenvalue weighted by Crippen LogP contribution is 2.16. The van der Waals surface area contributed by atoms with Crippen molar-refractivity contribution in [2.75, 3.05) is 23.9 Å². The second-order valence-corrected chi connectivity index (χ2v) is 5.77. The summed E-state index contributed by atoms with van der Waals surface area (Å²) in [7, 11) is -0.931. The Morgan fingerprint density at radius 3 is 2.89 bits per heavy atom. The molecule has 2 atom stereocenters. The lowest BCUT2D eigenvalue weighted by Gasteiger charge is -2.15. The van der Waals surface area contributed by atoms with Gasteiger partial charge in [-0.15, -0.1) is 0 Å². The van der Waals surface area contributed by atoms with Crippen LogP contribution in [0.25, 0.3) is 0 Å². The molecule has 0 aliphatic rings. The van der Waals surface area contributed by atoms with Gasteiger partial charge in [-0.3, -0.25) is 9.00 Å². The van der Waals surface area contributed by atoms with Crippen LogP contribution in [0, 0.1) is 0 Å². The van der Waals surface area contributed by atoms with Crippen LogP contribution in [-0.2, 0) is 17.3 Å². The van der Waals surface area contributed by atoms with E-state index in [9.17, 15) is 9.00 Å². The van der Waals surface area contributed by atoms with E-state index in [2.05, 4.69) is 10.4 Å². The lowest BCUT2D eigenvalue weighted by molar-refractivity contribution is 0.266. The number of nitrogens with zero attached hydrogens (tertiary/aromatic N) is 2. The second-order valence-electron chi connectivity index (χ2n) is 3.91. The number of aliphatic hydroxyl groups is 1. The van der Waals surface area contributed by atoms with Crippen LogP contribution < -0.4 is 10.9 Å². The van der Waals surface area contributed by atoms with Gasteiger partial charge in [0.25, 0.3) is 5.56 Å². The molecule has 1 aromatic heterocycles. The van der Waals surface area contributed by atoms with Gasteiger partial charge in [0.2, 0.25) is 0 Å². The third-order valence-corrected chi connectivity index (χ3v) is 3.52. The lowest BCUT2D eigenvalue weighted by atomic mass is 10.3. The Balaban J connectivity index is 2.88. The van der Waals surface area contributed by atoms with Gasteiger partial charge in [-0.2, -0.15) is 5.10 Å². The molecule has 0 saturated carbocycles. The zero-order chi connectivity index (χ0) is 13.7. The molecule has 0 fully saturated rings. The fraction of sp³-hybridized carbons (Fsp3) is 0.600. The van der Waals surface area contributed by atoms with Crippen molar-refractivity contribution in [3.8, 4) is 0 Å². The van der Waals surface area contributed by atoms with Crippen LogP contribution in [0.15, 0.2) is 11.0 Å². The highest BCUT2D eigenvalue weighted by atomic mass is 35.5. The molecule has 1 heterocycles. The summed E-state index contributed by atoms with van der Waals surface area (Å²) in [6.07, 6.45) is 3.03. The largest absolute Gasteiger partial charge is 0.394 e. The quantitative estimate of drug-likeness (QED) is 0.775. The van der Waals surface area contributed by atoms with E-state index in [1.165, 1.54) is 6.20 Å². The molecule has 0 radical (unpaired) electrons. The molecule has 0 bridgehead atoms. The van der Waals surface area contributed by atoms with Crippen LogP contribution in [-0.4, -0.2) is 43.8 Å². The maximum absolute atomic E-state index is 11.7. The predicted molar refractivity (Wildman–Crippen MR) is 72.6 cm³/mol. The number of hydrogen-bond acceptors (Lipinski definition) is 5. The van der Waals surface area contributed by atoms with Gasteiger partial charge < -0.3 is 10.4 Å². The summed E-state index contributed by atoms with van der Waals surface area (Å²) in [5, 5.41) is 15.6. The molecule has 0 saturated heterocycles. The van der Waals surface area contributed by atoms with Crippen LogP contribution in [0.4, 0.5) is 5.69 Å². The average Bonchev–Trinajstić information content (AvgIpc) is 2.28. The summed E-state index contributed by atoms with van der Waals surface area (Å²) in [5.74, 6) is 0.454. The summed E-state index contributed by atoms with van der Waals surface area (Å²) < 4.78 is 12.2. The maximum Gasteiger partial charge on any atom is 0.287 e. The second kappa shape index (κ2) is 6.86. The number of hydrogen-bond donors (Lipinski definition) is 2. The van der Waals surface area contributed by atoms with Crippen LogP contribution in [0.2, 0.25) is 5.02 Å². The molecule has 0 amide bonds. The zero-order valence-electron chi connectivity index (χ0n) is 10.2. The Labute approximate surface area is 112 Å². The van der Waals surface area contributed by atoms with Gasteiger partial charge in [-0.25, -0.2) is 4.68 Å². The van der Waals surface area contributed by atoms with Gasteiger partial charge >= 0.3 is 0 Å². The smallest absolute Gasteiger partial charge is 0.287 e. The Bertz CT molecular complexity index is 492. The van der Waals surface area contributed by atoms with E-state index in [1.54, 1.807) is 6.26 Å². The minimum Gasteiger partial charge on any atom is -0.394 e. The van der Waals surface area contributed by atoms with E-state index in [0.717, 1.165) is 4.68 Å². The first-order valence-corrected chi connectivity index (χ1v) is 7.49. The van der Waals surface area contributed by atoms with E-state index in [-0.39, 0.29) is 24.2 Å². The number of anilines is 1. The molecule has 0 spiro atoms. The van der Waals surface area contributed by atoms with E-state index in [4.69, 9.17) is 16.7 Å². The Morgan fingerprint density at radius 1 is 1.67 bits per heavy atom. The molecule has 2 unspecified atom stereocenters. The standard InChI is InChI=1S/C10H16ClN3O3S/c1-7(6-18(2)17)13-8-5-12-14(3-4-15)10(16)9(8)11/h5,7,13,15H,3-4,6H2,1-2H3. The molecule has 2 N–H and O–H groups in total. The normalized spacial score (nSPS) is 14.2. The minimum absolute atomic E-state index is 0.0205. The maximum atomic E-state index is 11.7. The molecule has 1 rings (SSSR count). The fourth-order valence-electron chi connectivity index (χ4n) is 1.48. The molecule has 102 valence electrons. The van der Waals surface area contributed by atoms with Gasteiger partial charge in [-0.1, -0.05) is 11.6 Å². The van der Waals surface area contributed by atoms with Crippen molar-refractivity contribution in [2.24, 2.45) is 0 Å². The average molecular weight is 294 g/mol. The Morgan fingerprint density at radius 2 is 2.33 bits per heavy atom. The first kappa shape index (κ1) is 15.1. The van der Waals surface area contributed by atoms with Crippen LogP contribution in [0.1, 0.15) is 6.92 Å². The van der Waals surface area contributed by atoms with Crippen molar-refractivity contribution in [2.45, 2.75) is 19.5 Å². The molecule has 8 heteroatoms. The first-order chi connectivity index (χ1) is 8.45. The van der Waals surface area contributed by atoms with Crippen molar-refractivity contribution in [1.82, 2.24) is 9.78 Å². The predicted octanol–water partition coefficient (Wildman–Crippen LogP) is 0.0679. The number of nitrogens with one attached hydrogen (secondary N) is 1. The third kappa shape index (κ3) is 4.08. The number of aromatic nitrogens is 2. The van der Waals surface area contributed by atoms with E-state index in [1.807, 2.05) is 6.92 Å². The monoisotopic (exact) mass is 293 g/mol. The van der Waals surface area contributed by atoms with Crippen LogP contribution in [0.5, 0.6) is 0 Å². The summed E-state index contributed by atoms with van der Waals surface area (Å²) in [4.78, 5) is 11.7. The molecular formula is C10H16ClN3O3S. The van der Waals surface area contributed by atoms with E-state index < -0.39 is 16.4 Å². The van der Waals surface area contributed by atoms with Crippen molar-refractivity contribution < 1.29 is 9.32 Å². The molecule has 0 aliphatic carbocycles. The van der Waals surface area contributed by atoms with Gasteiger partial charge in [0, 0.05) is 28.9 Å². The molecule has 0 aromatic carbocycles. The highest BCUT2D eigenvalue weighted by Gasteiger charge is 2.12. The minimum atomic E-state index is -0.931. The van der Waals surface area contributed by atoms with Crippen LogP contribution in [0.3, 0.4) is 0 Å². The van der Waals surface area contributed by atoms with Gasteiger partial charge in [0.05, 0.1) is 25.0 Å². The topological polar surface area (TPSA) is 84.2 Å². The first-order valence-electron chi connectivity index (χ1n) is 5.38. The number of aliphatic hydroxyl groups excluding tert-OH is 1. The molecule has 0 aliphatic heterocycles. The zero-order valence-corrected chi connectivity index (χ0v) is 11.8. The molecule has 1 aromatic rings. The van der Waals surface area contributed by atoms with Crippen molar-refractivity contribution in [3.05, 3.63) is 21.6 Å². The lowest BCUT2D eigenvalue weighted by Crippen LogP contribution is -2.28. The Kier molecular flexibility index (Phi) is 5.77. The van der Waals surface area contributed by atoms with Crippen molar-refractivity contribution in [3.63, 3.8) is 0 Å². The van der Waals surface area contributed by atoms with Crippen molar-refractivity contribution >= 4 is 28.1 Å². The van der Waals surface area contributed by atoms with Crippen molar-refractivity contribution in [1.29, 1.82) is 0 Å². The van der Waals surface area contributed by atoms with E-state index >= 15 is 0 Å². The fourth-order valence-corrected chi connectivity index (χ4v) is 2.47. The van der Waals surface area contributed by atoms with Gasteiger partial charge in [0.1, 0.15) is 5.02 Å². The molecule has 6 nitrogen and oxygen atoms in total. The van der Waals surface area contributed by atoms with E-state index in [0.29, 0.717) is 11.4 Å². The van der Waals surface area contributed by atoms with Gasteiger partial charge in [0.15, 0.2) is 0 Å². The van der Waals surface area contributed by atoms with Crippen LogP contribution >= 0.6 is 11.6 Å². The highest BCUT2D eigenvalue weighted by molar-refractivity contribution is 7.84. The summed E-state index contributed by atoms with van der Waals surface area (Å²) in [6.45, 7) is 1.77. The number of halogens is 1. The van der Waals surface area contributed by atoms with Gasteiger partial charge in [-0.05, 0) is 6.92 Å². The Hall–Kier alpha value is -0.920. The summed E-state index contributed by atoms with van der Waals surface area (Å²) >= 11 is 5.92. The number of rotatable bonds is 6. The SMILES string of the molecule is CC(CS(C)=O)Nc1cnn(CCO)c(=O)c1Cl. The summed E-state index contributed by atoms with van der Waals surface area (Å²) in [6, 6.07) is -0.0803. The summed E-state index contributed by atoms with van der Waals surface area (Å²) in [5.41, 5.74) is -0.0469. The molecular weight excluding hydrogens is 278 g/mol. The molecule has 18 heavy (non-hydrogen) atoms.